The van der Waals surface area contributed by atoms with Crippen LogP contribution < -0.4 is 0 Å². The molecular weight excluding hydrogens is 194 g/mol. The van der Waals surface area contributed by atoms with Crippen molar-refractivity contribution in [3.63, 3.8) is 0 Å². The van der Waals surface area contributed by atoms with E-state index in [2.05, 4.69) is 0 Å². The van der Waals surface area contributed by atoms with Gasteiger partial charge < -0.3 is 14.7 Å². The molecule has 1 rings (SSSR count). The molecule has 0 aliphatic carbocycles. The summed E-state index contributed by atoms with van der Waals surface area (Å²) >= 11 is 0. The van der Waals surface area contributed by atoms with Gasteiger partial charge in [0.25, 0.3) is 0 Å². The second-order valence-corrected chi connectivity index (χ2v) is 3.36. The highest BCUT2D eigenvalue weighted by Gasteiger charge is 2.16. The van der Waals surface area contributed by atoms with Crippen LogP contribution in [0.5, 0.6) is 0 Å². The minimum atomic E-state index is -0.596. The number of hydrogen-bond donors (Lipinski definition) is 1. The molecule has 1 N–H and O–H groups in total. The molecule has 82 valence electrons. The van der Waals surface area contributed by atoms with Gasteiger partial charge in [0, 0.05) is 14.1 Å². The number of carbonyl (C=O) groups is 1. The lowest BCUT2D eigenvalue weighted by molar-refractivity contribution is 0.0408. The molecule has 0 heterocycles. The van der Waals surface area contributed by atoms with Crippen molar-refractivity contribution in [3.05, 3.63) is 35.9 Å². The SMILES string of the molecule is CN(C)C(=O)OC(CO)c1ccccc1. The molecule has 0 aromatic heterocycles. The van der Waals surface area contributed by atoms with Gasteiger partial charge in [-0.15, -0.1) is 0 Å². The third-order valence-electron chi connectivity index (χ3n) is 1.95. The first-order valence-corrected chi connectivity index (χ1v) is 4.69. The minimum Gasteiger partial charge on any atom is -0.439 e. The standard InChI is InChI=1S/C11H15NO3/c1-12(2)11(14)15-10(8-13)9-6-4-3-5-7-9/h3-7,10,13H,8H2,1-2H3. The van der Waals surface area contributed by atoms with Crippen LogP contribution in [0.3, 0.4) is 0 Å². The summed E-state index contributed by atoms with van der Waals surface area (Å²) in [5.41, 5.74) is 0.787. The van der Waals surface area contributed by atoms with Crippen molar-refractivity contribution < 1.29 is 14.6 Å². The second-order valence-electron chi connectivity index (χ2n) is 3.36. The Morgan fingerprint density at radius 2 is 2.00 bits per heavy atom. The van der Waals surface area contributed by atoms with Crippen molar-refractivity contribution in [2.24, 2.45) is 0 Å². The van der Waals surface area contributed by atoms with E-state index in [0.29, 0.717) is 0 Å². The van der Waals surface area contributed by atoms with E-state index in [0.717, 1.165) is 5.56 Å². The highest BCUT2D eigenvalue weighted by atomic mass is 16.6. The Morgan fingerprint density at radius 3 is 2.47 bits per heavy atom. The molecule has 1 aromatic carbocycles. The summed E-state index contributed by atoms with van der Waals surface area (Å²) in [6, 6.07) is 9.16. The van der Waals surface area contributed by atoms with Crippen molar-refractivity contribution in [2.75, 3.05) is 20.7 Å². The molecule has 0 saturated carbocycles. The number of amides is 1. The van der Waals surface area contributed by atoms with Crippen molar-refractivity contribution in [1.29, 1.82) is 0 Å². The number of nitrogens with zero attached hydrogens (tertiary/aromatic N) is 1. The maximum absolute atomic E-state index is 11.3. The Morgan fingerprint density at radius 1 is 1.40 bits per heavy atom. The Hall–Kier alpha value is -1.55. The quantitative estimate of drug-likeness (QED) is 0.819. The van der Waals surface area contributed by atoms with E-state index in [1.807, 2.05) is 30.3 Å². The zero-order valence-corrected chi connectivity index (χ0v) is 8.88. The third kappa shape index (κ3) is 3.25. The third-order valence-corrected chi connectivity index (χ3v) is 1.95. The number of hydrogen-bond acceptors (Lipinski definition) is 3. The lowest BCUT2D eigenvalue weighted by Crippen LogP contribution is -2.25. The molecule has 1 amide bonds. The number of rotatable bonds is 3. The molecule has 1 atom stereocenters. The van der Waals surface area contributed by atoms with E-state index in [1.165, 1.54) is 4.90 Å². The zero-order chi connectivity index (χ0) is 11.3. The first-order valence-electron chi connectivity index (χ1n) is 4.69. The molecule has 0 bridgehead atoms. The molecule has 15 heavy (non-hydrogen) atoms. The van der Waals surface area contributed by atoms with E-state index in [9.17, 15) is 4.79 Å². The first-order chi connectivity index (χ1) is 7.15. The Kier molecular flexibility index (Phi) is 4.12. The van der Waals surface area contributed by atoms with E-state index < -0.39 is 12.2 Å². The van der Waals surface area contributed by atoms with Crippen LogP contribution in [0.15, 0.2) is 30.3 Å². The van der Waals surface area contributed by atoms with Gasteiger partial charge in [0.1, 0.15) is 0 Å². The fourth-order valence-electron chi connectivity index (χ4n) is 1.11. The Bertz CT molecular complexity index is 311. The van der Waals surface area contributed by atoms with Crippen molar-refractivity contribution in [2.45, 2.75) is 6.10 Å². The molecule has 1 aromatic rings. The van der Waals surface area contributed by atoms with Crippen LogP contribution in [0.4, 0.5) is 4.79 Å². The van der Waals surface area contributed by atoms with Gasteiger partial charge in [-0.25, -0.2) is 4.79 Å². The summed E-state index contributed by atoms with van der Waals surface area (Å²) in [5, 5.41) is 9.11. The predicted molar refractivity (Wildman–Crippen MR) is 56.4 cm³/mol. The van der Waals surface area contributed by atoms with Crippen LogP contribution in [-0.4, -0.2) is 36.8 Å². The normalized spacial score (nSPS) is 11.9. The van der Waals surface area contributed by atoms with Crippen molar-refractivity contribution >= 4 is 6.09 Å². The van der Waals surface area contributed by atoms with Gasteiger partial charge in [-0.2, -0.15) is 0 Å². The smallest absolute Gasteiger partial charge is 0.409 e. The Labute approximate surface area is 89.1 Å². The number of aliphatic hydroxyl groups is 1. The molecule has 4 nitrogen and oxygen atoms in total. The summed E-state index contributed by atoms with van der Waals surface area (Å²) < 4.78 is 5.08. The van der Waals surface area contributed by atoms with Crippen LogP contribution in [0.2, 0.25) is 0 Å². The number of aliphatic hydroxyl groups excluding tert-OH is 1. The fourth-order valence-corrected chi connectivity index (χ4v) is 1.11. The maximum Gasteiger partial charge on any atom is 0.409 e. The molecular formula is C11H15NO3. The summed E-state index contributed by atoms with van der Waals surface area (Å²) in [6.45, 7) is -0.219. The summed E-state index contributed by atoms with van der Waals surface area (Å²) in [7, 11) is 3.20. The molecule has 1 unspecified atom stereocenters. The van der Waals surface area contributed by atoms with Gasteiger partial charge in [-0.05, 0) is 5.56 Å². The molecule has 0 fully saturated rings. The van der Waals surface area contributed by atoms with Crippen LogP contribution in [0, 0.1) is 0 Å². The highest BCUT2D eigenvalue weighted by molar-refractivity contribution is 5.67. The minimum absolute atomic E-state index is 0.219. The lowest BCUT2D eigenvalue weighted by Gasteiger charge is -2.18. The lowest BCUT2D eigenvalue weighted by atomic mass is 10.1. The largest absolute Gasteiger partial charge is 0.439 e. The molecule has 0 radical (unpaired) electrons. The predicted octanol–water partition coefficient (Wildman–Crippen LogP) is 1.42. The molecule has 0 saturated heterocycles. The van der Waals surface area contributed by atoms with Crippen LogP contribution in [0.1, 0.15) is 11.7 Å². The monoisotopic (exact) mass is 209 g/mol. The van der Waals surface area contributed by atoms with Crippen molar-refractivity contribution in [3.8, 4) is 0 Å². The van der Waals surface area contributed by atoms with E-state index in [-0.39, 0.29) is 6.61 Å². The number of benzene rings is 1. The van der Waals surface area contributed by atoms with Crippen LogP contribution in [-0.2, 0) is 4.74 Å². The average molecular weight is 209 g/mol. The Balaban J connectivity index is 2.69. The molecule has 0 spiro atoms. The van der Waals surface area contributed by atoms with E-state index >= 15 is 0 Å². The first kappa shape index (κ1) is 11.5. The number of ether oxygens (including phenoxy) is 1. The topological polar surface area (TPSA) is 49.8 Å². The van der Waals surface area contributed by atoms with Gasteiger partial charge in [0.2, 0.25) is 0 Å². The molecule has 0 aliphatic heterocycles. The van der Waals surface area contributed by atoms with Gasteiger partial charge in [-0.1, -0.05) is 30.3 Å². The highest BCUT2D eigenvalue weighted by Crippen LogP contribution is 2.16. The maximum atomic E-state index is 11.3. The summed E-state index contributed by atoms with van der Waals surface area (Å²) in [5.74, 6) is 0. The van der Waals surface area contributed by atoms with E-state index in [1.54, 1.807) is 14.1 Å². The van der Waals surface area contributed by atoms with Gasteiger partial charge in [-0.3, -0.25) is 0 Å². The van der Waals surface area contributed by atoms with Crippen LogP contribution >= 0.6 is 0 Å². The fraction of sp³-hybridized carbons (Fsp3) is 0.364. The average Bonchev–Trinajstić information content (AvgIpc) is 2.26. The zero-order valence-electron chi connectivity index (χ0n) is 8.88. The van der Waals surface area contributed by atoms with E-state index in [4.69, 9.17) is 9.84 Å². The van der Waals surface area contributed by atoms with Gasteiger partial charge >= 0.3 is 6.09 Å². The molecule has 0 aliphatic rings. The summed E-state index contributed by atoms with van der Waals surface area (Å²) in [4.78, 5) is 12.6. The number of carbonyl (C=O) groups excluding carboxylic acids is 1. The van der Waals surface area contributed by atoms with Gasteiger partial charge in [0.05, 0.1) is 6.61 Å². The molecule has 4 heteroatoms. The second kappa shape index (κ2) is 5.36. The van der Waals surface area contributed by atoms with Crippen LogP contribution in [0.25, 0.3) is 0 Å². The summed E-state index contributed by atoms with van der Waals surface area (Å²) in [6.07, 6.45) is -1.06. The van der Waals surface area contributed by atoms with Gasteiger partial charge in [0.15, 0.2) is 6.10 Å². The van der Waals surface area contributed by atoms with Crippen molar-refractivity contribution in [1.82, 2.24) is 4.90 Å².